The first-order valence-corrected chi connectivity index (χ1v) is 11.1. The second-order valence-electron chi connectivity index (χ2n) is 8.39. The van der Waals surface area contributed by atoms with Gasteiger partial charge in [-0.05, 0) is 46.3 Å². The number of aromatic nitrogens is 1. The Morgan fingerprint density at radius 3 is 2.36 bits per heavy atom. The summed E-state index contributed by atoms with van der Waals surface area (Å²) in [5.41, 5.74) is -0.161. The van der Waals surface area contributed by atoms with Crippen molar-refractivity contribution in [2.45, 2.75) is 57.6 Å². The summed E-state index contributed by atoms with van der Waals surface area (Å²) >= 11 is 3.07. The first-order valence-electron chi connectivity index (χ1n) is 8.75. The molecular weight excluding hydrogens is 464 g/mol. The molecule has 0 saturated heterocycles. The van der Waals surface area contributed by atoms with Crippen LogP contribution in [0.4, 0.5) is 17.6 Å². The average molecular weight is 485 g/mol. The molecule has 0 amide bonds. The van der Waals surface area contributed by atoms with E-state index >= 15 is 0 Å². The maximum absolute atomic E-state index is 14.1. The largest absolute Gasteiger partial charge is 0.408 e. The van der Waals surface area contributed by atoms with Crippen molar-refractivity contribution < 1.29 is 26.0 Å². The standard InChI is InChI=1S/C18H21BrF4N2O2S/c1-17(2,3)9-25-8-12(11-6-14(20)13(19)7-15(11)25)16(18(21,22)23)24-28(26,27)10-4-5-10/h6-8,10,16,24H,4-5,9H2,1-3H3. The van der Waals surface area contributed by atoms with Gasteiger partial charge in [0.25, 0.3) is 0 Å². The molecule has 0 spiro atoms. The molecule has 1 fully saturated rings. The van der Waals surface area contributed by atoms with Crippen LogP contribution in [0.1, 0.15) is 45.2 Å². The summed E-state index contributed by atoms with van der Waals surface area (Å²) in [6.45, 7) is 6.15. The fraction of sp³-hybridized carbons (Fsp3) is 0.556. The van der Waals surface area contributed by atoms with Gasteiger partial charge in [0, 0.05) is 29.2 Å². The van der Waals surface area contributed by atoms with Crippen LogP contribution in [0.25, 0.3) is 10.9 Å². The zero-order valence-electron chi connectivity index (χ0n) is 15.6. The second kappa shape index (κ2) is 6.98. The molecule has 4 nitrogen and oxygen atoms in total. The van der Waals surface area contributed by atoms with E-state index < -0.39 is 33.3 Å². The first kappa shape index (κ1) is 21.6. The number of hydrogen-bond donors (Lipinski definition) is 1. The molecule has 3 rings (SSSR count). The number of nitrogens with zero attached hydrogens (tertiary/aromatic N) is 1. The lowest BCUT2D eigenvalue weighted by Gasteiger charge is -2.22. The third kappa shape index (κ3) is 4.54. The maximum Gasteiger partial charge on any atom is 0.408 e. The number of rotatable bonds is 5. The Bertz CT molecular complexity index is 1010. The van der Waals surface area contributed by atoms with Gasteiger partial charge in [0.15, 0.2) is 0 Å². The van der Waals surface area contributed by atoms with E-state index in [1.165, 1.54) is 12.3 Å². The first-order chi connectivity index (χ1) is 12.7. The van der Waals surface area contributed by atoms with Gasteiger partial charge in [0.1, 0.15) is 11.9 Å². The smallest absolute Gasteiger partial charge is 0.347 e. The molecule has 156 valence electrons. The van der Waals surface area contributed by atoms with Crippen LogP contribution in [0.15, 0.2) is 22.8 Å². The quantitative estimate of drug-likeness (QED) is 0.587. The van der Waals surface area contributed by atoms with Crippen molar-refractivity contribution in [1.82, 2.24) is 9.29 Å². The summed E-state index contributed by atoms with van der Waals surface area (Å²) < 4.78 is 83.6. The van der Waals surface area contributed by atoms with Crippen LogP contribution >= 0.6 is 15.9 Å². The molecule has 0 bridgehead atoms. The highest BCUT2D eigenvalue weighted by Crippen LogP contribution is 2.41. The maximum atomic E-state index is 14.1. The normalized spacial score (nSPS) is 17.3. The molecule has 10 heteroatoms. The van der Waals surface area contributed by atoms with Crippen molar-refractivity contribution in [2.75, 3.05) is 0 Å². The SMILES string of the molecule is CC(C)(C)Cn1cc(C(NS(=O)(=O)C2CC2)C(F)(F)F)c2cc(F)c(Br)cc21. The minimum Gasteiger partial charge on any atom is -0.347 e. The minimum atomic E-state index is -4.87. The van der Waals surface area contributed by atoms with E-state index in [-0.39, 0.29) is 20.8 Å². The summed E-state index contributed by atoms with van der Waals surface area (Å²) in [5.74, 6) is -0.715. The third-order valence-electron chi connectivity index (χ3n) is 4.48. The van der Waals surface area contributed by atoms with Crippen molar-refractivity contribution in [3.8, 4) is 0 Å². The molecule has 1 aliphatic carbocycles. The van der Waals surface area contributed by atoms with E-state index in [2.05, 4.69) is 15.9 Å². The molecular formula is C18H21BrF4N2O2S. The molecule has 0 aliphatic heterocycles. The summed E-state index contributed by atoms with van der Waals surface area (Å²) in [6, 6.07) is -0.0109. The van der Waals surface area contributed by atoms with Crippen LogP contribution < -0.4 is 4.72 Å². The molecule has 1 heterocycles. The lowest BCUT2D eigenvalue weighted by atomic mass is 9.97. The molecule has 1 aliphatic rings. The van der Waals surface area contributed by atoms with E-state index in [0.717, 1.165) is 6.07 Å². The highest BCUT2D eigenvalue weighted by atomic mass is 79.9. The van der Waals surface area contributed by atoms with Crippen LogP contribution in [-0.2, 0) is 16.6 Å². The Labute approximate surface area is 169 Å². The van der Waals surface area contributed by atoms with Gasteiger partial charge < -0.3 is 4.57 Å². The van der Waals surface area contributed by atoms with E-state index in [1.54, 1.807) is 4.57 Å². The number of halogens is 5. The number of alkyl halides is 3. The molecule has 1 aromatic carbocycles. The summed E-state index contributed by atoms with van der Waals surface area (Å²) in [4.78, 5) is 0. The summed E-state index contributed by atoms with van der Waals surface area (Å²) in [6.07, 6.45) is -2.91. The lowest BCUT2D eigenvalue weighted by Crippen LogP contribution is -2.39. The molecule has 1 unspecified atom stereocenters. The van der Waals surface area contributed by atoms with Gasteiger partial charge in [-0.2, -0.15) is 17.9 Å². The third-order valence-corrected chi connectivity index (χ3v) is 7.00. The van der Waals surface area contributed by atoms with Crippen molar-refractivity contribution in [3.05, 3.63) is 34.2 Å². The number of hydrogen-bond acceptors (Lipinski definition) is 2. The van der Waals surface area contributed by atoms with Gasteiger partial charge in [-0.1, -0.05) is 20.8 Å². The fourth-order valence-electron chi connectivity index (χ4n) is 3.13. The molecule has 1 aromatic heterocycles. The Kier molecular flexibility index (Phi) is 5.38. The molecule has 1 saturated carbocycles. The van der Waals surface area contributed by atoms with Gasteiger partial charge in [-0.15, -0.1) is 0 Å². The van der Waals surface area contributed by atoms with Gasteiger partial charge in [0.2, 0.25) is 10.0 Å². The van der Waals surface area contributed by atoms with E-state index in [0.29, 0.717) is 24.9 Å². The zero-order valence-corrected chi connectivity index (χ0v) is 18.0. The monoisotopic (exact) mass is 484 g/mol. The average Bonchev–Trinajstić information content (AvgIpc) is 3.31. The van der Waals surface area contributed by atoms with Crippen LogP contribution in [0, 0.1) is 11.2 Å². The predicted octanol–water partition coefficient (Wildman–Crippen LogP) is 5.27. The molecule has 0 radical (unpaired) electrons. The van der Waals surface area contributed by atoms with E-state index in [1.807, 2.05) is 25.5 Å². The van der Waals surface area contributed by atoms with Gasteiger partial charge >= 0.3 is 6.18 Å². The molecule has 1 N–H and O–H groups in total. The number of sulfonamides is 1. The van der Waals surface area contributed by atoms with Crippen LogP contribution in [0.2, 0.25) is 0 Å². The predicted molar refractivity (Wildman–Crippen MR) is 103 cm³/mol. The number of fused-ring (bicyclic) bond motifs is 1. The Morgan fingerprint density at radius 2 is 1.86 bits per heavy atom. The zero-order chi connectivity index (χ0) is 21.1. The second-order valence-corrected chi connectivity index (χ2v) is 11.2. The number of benzene rings is 1. The Morgan fingerprint density at radius 1 is 1.25 bits per heavy atom. The Balaban J connectivity index is 2.19. The van der Waals surface area contributed by atoms with Crippen LogP contribution in [0.3, 0.4) is 0 Å². The highest BCUT2D eigenvalue weighted by Gasteiger charge is 2.47. The number of nitrogens with one attached hydrogen (secondary N) is 1. The van der Waals surface area contributed by atoms with E-state index in [4.69, 9.17) is 0 Å². The molecule has 28 heavy (non-hydrogen) atoms. The van der Waals surface area contributed by atoms with Gasteiger partial charge in [-0.25, -0.2) is 12.8 Å². The van der Waals surface area contributed by atoms with E-state index in [9.17, 15) is 26.0 Å². The lowest BCUT2D eigenvalue weighted by molar-refractivity contribution is -0.152. The summed E-state index contributed by atoms with van der Waals surface area (Å²) in [5, 5.41) is -0.767. The van der Waals surface area contributed by atoms with Gasteiger partial charge in [0.05, 0.1) is 9.72 Å². The minimum absolute atomic E-state index is 0.0331. The Hall–Kier alpha value is -1.13. The summed E-state index contributed by atoms with van der Waals surface area (Å²) in [7, 11) is -4.11. The van der Waals surface area contributed by atoms with Crippen molar-refractivity contribution in [2.24, 2.45) is 5.41 Å². The van der Waals surface area contributed by atoms with Crippen molar-refractivity contribution >= 4 is 36.9 Å². The van der Waals surface area contributed by atoms with Crippen LogP contribution in [-0.4, -0.2) is 24.4 Å². The molecule has 1 atom stereocenters. The topological polar surface area (TPSA) is 51.1 Å². The molecule has 2 aromatic rings. The fourth-order valence-corrected chi connectivity index (χ4v) is 5.00. The van der Waals surface area contributed by atoms with Crippen LogP contribution in [0.5, 0.6) is 0 Å². The van der Waals surface area contributed by atoms with Crippen molar-refractivity contribution in [1.29, 1.82) is 0 Å². The highest BCUT2D eigenvalue weighted by molar-refractivity contribution is 9.10. The van der Waals surface area contributed by atoms with Gasteiger partial charge in [-0.3, -0.25) is 0 Å². The van der Waals surface area contributed by atoms with Crippen molar-refractivity contribution in [3.63, 3.8) is 0 Å².